The molecule has 0 atom stereocenters. The molecule has 9 heteroatoms. The first-order valence-corrected chi connectivity index (χ1v) is 12.3. The summed E-state index contributed by atoms with van der Waals surface area (Å²) < 4.78 is 0. The minimum Gasteiger partial charge on any atom is -0.369 e. The number of aromatic nitrogens is 3. The monoisotopic (exact) mass is 474 g/mol. The lowest BCUT2D eigenvalue weighted by Gasteiger charge is -2.36. The van der Waals surface area contributed by atoms with Crippen LogP contribution in [0.1, 0.15) is 24.6 Å². The predicted octanol–water partition coefficient (Wildman–Crippen LogP) is 3.86. The van der Waals surface area contributed by atoms with Gasteiger partial charge >= 0.3 is 0 Å². The van der Waals surface area contributed by atoms with E-state index in [0.717, 1.165) is 60.1 Å². The van der Waals surface area contributed by atoms with Crippen molar-refractivity contribution in [2.24, 2.45) is 0 Å². The van der Waals surface area contributed by atoms with E-state index in [1.165, 1.54) is 24.2 Å². The minimum absolute atomic E-state index is 0.328. The maximum Gasteiger partial charge on any atom is 0.290 e. The zero-order valence-corrected chi connectivity index (χ0v) is 20.1. The van der Waals surface area contributed by atoms with Crippen LogP contribution >= 0.6 is 11.8 Å². The van der Waals surface area contributed by atoms with Gasteiger partial charge in [0, 0.05) is 42.8 Å². The molecule has 0 spiro atoms. The molecular formula is C25H26N6O2S. The Morgan fingerprint density at radius 3 is 2.62 bits per heavy atom. The third kappa shape index (κ3) is 4.53. The highest BCUT2D eigenvalue weighted by molar-refractivity contribution is 8.18. The van der Waals surface area contributed by atoms with Crippen LogP contribution in [0.4, 0.5) is 10.5 Å². The number of carbonyl (C=O) groups is 2. The summed E-state index contributed by atoms with van der Waals surface area (Å²) >= 11 is 0.877. The Hall–Kier alpha value is -3.30. The van der Waals surface area contributed by atoms with Gasteiger partial charge in [0.1, 0.15) is 6.33 Å². The maximum atomic E-state index is 11.9. The summed E-state index contributed by atoms with van der Waals surface area (Å²) in [7, 11) is 0. The summed E-state index contributed by atoms with van der Waals surface area (Å²) in [5, 5.41) is 2.74. The molecule has 174 valence electrons. The number of pyridine rings is 1. The van der Waals surface area contributed by atoms with Crippen LogP contribution in [0, 0.1) is 6.92 Å². The molecule has 2 aliphatic rings. The van der Waals surface area contributed by atoms with E-state index >= 15 is 0 Å². The number of rotatable bonds is 5. The van der Waals surface area contributed by atoms with Gasteiger partial charge in [0.2, 0.25) is 0 Å². The van der Waals surface area contributed by atoms with Crippen LogP contribution in [0.2, 0.25) is 0 Å². The zero-order chi connectivity index (χ0) is 23.7. The third-order valence-electron chi connectivity index (χ3n) is 6.19. The molecule has 1 N–H and O–H groups in total. The highest BCUT2D eigenvalue weighted by Gasteiger charge is 2.25. The van der Waals surface area contributed by atoms with E-state index in [1.54, 1.807) is 18.6 Å². The summed E-state index contributed by atoms with van der Waals surface area (Å²) in [6.07, 6.45) is 6.03. The second kappa shape index (κ2) is 9.52. The van der Waals surface area contributed by atoms with Crippen molar-refractivity contribution in [2.75, 3.05) is 37.6 Å². The number of aryl methyl sites for hydroxylation is 1. The van der Waals surface area contributed by atoms with Gasteiger partial charge in [-0.25, -0.2) is 9.97 Å². The average molecular weight is 475 g/mol. The molecule has 0 bridgehead atoms. The number of fused-ring (bicyclic) bond motifs is 1. The molecule has 2 amide bonds. The van der Waals surface area contributed by atoms with Crippen LogP contribution in [-0.2, 0) is 4.79 Å². The molecule has 1 aromatic carbocycles. The topological polar surface area (TPSA) is 91.3 Å². The van der Waals surface area contributed by atoms with E-state index in [9.17, 15) is 9.59 Å². The molecule has 0 unspecified atom stereocenters. The molecule has 4 heterocycles. The van der Waals surface area contributed by atoms with Crippen LogP contribution in [0.3, 0.4) is 0 Å². The molecule has 8 nitrogen and oxygen atoms in total. The van der Waals surface area contributed by atoms with Crippen molar-refractivity contribution in [2.45, 2.75) is 20.3 Å². The fraction of sp³-hybridized carbons (Fsp3) is 0.320. The van der Waals surface area contributed by atoms with Crippen LogP contribution in [0.15, 0.2) is 41.7 Å². The number of benzene rings is 1. The van der Waals surface area contributed by atoms with Gasteiger partial charge in [0.15, 0.2) is 0 Å². The lowest BCUT2D eigenvalue weighted by Crippen LogP contribution is -2.46. The minimum atomic E-state index is -0.400. The smallest absolute Gasteiger partial charge is 0.290 e. The number of amides is 2. The van der Waals surface area contributed by atoms with E-state index in [4.69, 9.17) is 0 Å². The van der Waals surface area contributed by atoms with Crippen molar-refractivity contribution < 1.29 is 9.59 Å². The third-order valence-corrected chi connectivity index (χ3v) is 7.00. The standard InChI is InChI=1S/C25H26N6O2S/c1-3-6-30-7-9-31(10-8-30)21-5-4-17(11-16(21)2)23-19-12-18(26-14-20(19)27-15-28-23)13-22-24(32)29-25(33)34-22/h4-5,11-15H,3,6-10H2,1-2H3,(H,29,32,33). The van der Waals surface area contributed by atoms with Crippen molar-refractivity contribution in [3.05, 3.63) is 53.0 Å². The van der Waals surface area contributed by atoms with E-state index < -0.39 is 5.91 Å². The average Bonchev–Trinajstić information content (AvgIpc) is 3.15. The highest BCUT2D eigenvalue weighted by Crippen LogP contribution is 2.31. The van der Waals surface area contributed by atoms with Gasteiger partial charge in [-0.15, -0.1) is 0 Å². The zero-order valence-electron chi connectivity index (χ0n) is 19.2. The summed E-state index contributed by atoms with van der Waals surface area (Å²) in [6, 6.07) is 8.33. The molecule has 2 aliphatic heterocycles. The van der Waals surface area contributed by atoms with Crippen molar-refractivity contribution in [1.82, 2.24) is 25.2 Å². The molecule has 2 saturated heterocycles. The van der Waals surface area contributed by atoms with Crippen LogP contribution in [0.25, 0.3) is 28.2 Å². The maximum absolute atomic E-state index is 11.9. The van der Waals surface area contributed by atoms with Gasteiger partial charge in [0.05, 0.1) is 28.0 Å². The fourth-order valence-electron chi connectivity index (χ4n) is 4.53. The van der Waals surface area contributed by atoms with E-state index in [-0.39, 0.29) is 5.24 Å². The van der Waals surface area contributed by atoms with Crippen molar-refractivity contribution >= 4 is 45.6 Å². The first-order valence-electron chi connectivity index (χ1n) is 11.5. The number of carbonyl (C=O) groups excluding carboxylic acids is 2. The number of piperazine rings is 1. The molecule has 2 aromatic heterocycles. The summed E-state index contributed by atoms with van der Waals surface area (Å²) in [4.78, 5) is 42.0. The lowest BCUT2D eigenvalue weighted by atomic mass is 10.0. The normalized spacial score (nSPS) is 18.2. The van der Waals surface area contributed by atoms with Gasteiger partial charge in [-0.05, 0) is 61.5 Å². The molecule has 0 aliphatic carbocycles. The first-order chi connectivity index (χ1) is 16.5. The first kappa shape index (κ1) is 22.5. The Kier molecular flexibility index (Phi) is 6.30. The van der Waals surface area contributed by atoms with E-state index in [0.29, 0.717) is 10.6 Å². The van der Waals surface area contributed by atoms with E-state index in [1.807, 2.05) is 6.07 Å². The van der Waals surface area contributed by atoms with Crippen molar-refractivity contribution in [3.8, 4) is 11.3 Å². The number of imide groups is 1. The quantitative estimate of drug-likeness (QED) is 0.558. The highest BCUT2D eigenvalue weighted by atomic mass is 32.2. The van der Waals surface area contributed by atoms with Crippen molar-refractivity contribution in [3.63, 3.8) is 0 Å². The molecule has 34 heavy (non-hydrogen) atoms. The second-order valence-electron chi connectivity index (χ2n) is 8.53. The van der Waals surface area contributed by atoms with Gasteiger partial charge in [-0.2, -0.15) is 0 Å². The lowest BCUT2D eigenvalue weighted by molar-refractivity contribution is -0.115. The van der Waals surface area contributed by atoms with Crippen LogP contribution in [0.5, 0.6) is 0 Å². The summed E-state index contributed by atoms with van der Waals surface area (Å²) in [5.41, 5.74) is 5.59. The number of nitrogens with one attached hydrogen (secondary N) is 1. The molecule has 3 aromatic rings. The van der Waals surface area contributed by atoms with E-state index in [2.05, 4.69) is 62.1 Å². The van der Waals surface area contributed by atoms with Crippen LogP contribution < -0.4 is 10.2 Å². The molecule has 0 radical (unpaired) electrons. The molecule has 5 rings (SSSR count). The number of nitrogens with zero attached hydrogens (tertiary/aromatic N) is 5. The number of hydrogen-bond acceptors (Lipinski definition) is 8. The van der Waals surface area contributed by atoms with Gasteiger partial charge in [-0.3, -0.25) is 24.8 Å². The SMILES string of the molecule is CCCN1CCN(c2ccc(-c3ncnc4cnc(C=C5SC(=O)NC5=O)cc34)cc2C)CC1. The van der Waals surface area contributed by atoms with Crippen molar-refractivity contribution in [1.29, 1.82) is 0 Å². The fourth-order valence-corrected chi connectivity index (χ4v) is 5.19. The number of anilines is 1. The largest absolute Gasteiger partial charge is 0.369 e. The molecule has 0 saturated carbocycles. The Bertz CT molecular complexity index is 1300. The molecule has 2 fully saturated rings. The van der Waals surface area contributed by atoms with Gasteiger partial charge in [-0.1, -0.05) is 13.0 Å². The number of thioether (sulfide) groups is 1. The second-order valence-corrected chi connectivity index (χ2v) is 9.55. The number of hydrogen-bond donors (Lipinski definition) is 1. The van der Waals surface area contributed by atoms with Crippen LogP contribution in [-0.4, -0.2) is 63.7 Å². The predicted molar refractivity (Wildman–Crippen MR) is 136 cm³/mol. The van der Waals surface area contributed by atoms with Gasteiger partial charge < -0.3 is 4.90 Å². The molecular weight excluding hydrogens is 448 g/mol. The Morgan fingerprint density at radius 2 is 1.91 bits per heavy atom. The summed E-state index contributed by atoms with van der Waals surface area (Å²) in [6.45, 7) is 9.80. The Labute approximate surface area is 202 Å². The Balaban J connectivity index is 1.45. The summed E-state index contributed by atoms with van der Waals surface area (Å²) in [5.74, 6) is -0.400. The Morgan fingerprint density at radius 1 is 1.09 bits per heavy atom. The van der Waals surface area contributed by atoms with Gasteiger partial charge in [0.25, 0.3) is 11.1 Å².